The topological polar surface area (TPSA) is 18.5 Å². The molecule has 1 atom stereocenters. The largest absolute Gasteiger partial charge is 0.317 e. The normalized spacial score (nSPS) is 22.8. The van der Waals surface area contributed by atoms with Crippen molar-refractivity contribution in [1.82, 2.24) is 15.1 Å². The Hall–Kier alpha value is -0.120. The summed E-state index contributed by atoms with van der Waals surface area (Å²) in [6.45, 7) is 9.50. The first-order valence-electron chi connectivity index (χ1n) is 6.30. The molecule has 1 N–H and O–H groups in total. The van der Waals surface area contributed by atoms with Crippen molar-refractivity contribution in [2.24, 2.45) is 5.92 Å². The zero-order chi connectivity index (χ0) is 11.1. The summed E-state index contributed by atoms with van der Waals surface area (Å²) in [6.07, 6.45) is 2.65. The van der Waals surface area contributed by atoms with Crippen LogP contribution in [0.2, 0.25) is 0 Å². The van der Waals surface area contributed by atoms with Crippen molar-refractivity contribution >= 4 is 0 Å². The van der Waals surface area contributed by atoms with Gasteiger partial charge in [-0.2, -0.15) is 0 Å². The molecule has 1 heterocycles. The average molecular weight is 213 g/mol. The molecule has 0 saturated carbocycles. The minimum atomic E-state index is 0.902. The van der Waals surface area contributed by atoms with Gasteiger partial charge in [0.1, 0.15) is 0 Å². The van der Waals surface area contributed by atoms with Crippen LogP contribution in [-0.2, 0) is 0 Å². The highest BCUT2D eigenvalue weighted by atomic mass is 15.1. The van der Waals surface area contributed by atoms with Gasteiger partial charge in [-0.1, -0.05) is 6.92 Å². The van der Waals surface area contributed by atoms with E-state index in [0.717, 1.165) is 19.0 Å². The van der Waals surface area contributed by atoms with Crippen LogP contribution in [0.4, 0.5) is 0 Å². The fourth-order valence-electron chi connectivity index (χ4n) is 2.36. The lowest BCUT2D eigenvalue weighted by Gasteiger charge is -2.20. The number of nitrogens with one attached hydrogen (secondary N) is 1. The van der Waals surface area contributed by atoms with Gasteiger partial charge < -0.3 is 15.1 Å². The Balaban J connectivity index is 2.00. The Kier molecular flexibility index (Phi) is 6.22. The maximum Gasteiger partial charge on any atom is 0.00193 e. The van der Waals surface area contributed by atoms with Crippen molar-refractivity contribution in [3.05, 3.63) is 0 Å². The lowest BCUT2D eigenvalue weighted by atomic mass is 10.1. The van der Waals surface area contributed by atoms with Gasteiger partial charge in [0, 0.05) is 13.1 Å². The Morgan fingerprint density at radius 1 is 1.47 bits per heavy atom. The third-order valence-electron chi connectivity index (χ3n) is 3.20. The zero-order valence-electron chi connectivity index (χ0n) is 10.6. The first-order valence-corrected chi connectivity index (χ1v) is 6.30. The van der Waals surface area contributed by atoms with E-state index in [1.165, 1.54) is 39.0 Å². The molecule has 90 valence electrons. The molecular formula is C12H27N3. The van der Waals surface area contributed by atoms with E-state index in [0.29, 0.717) is 0 Å². The van der Waals surface area contributed by atoms with Crippen LogP contribution >= 0.6 is 0 Å². The number of likely N-dealkylation sites (tertiary alicyclic amines) is 1. The highest BCUT2D eigenvalue weighted by molar-refractivity contribution is 4.75. The number of hydrogen-bond acceptors (Lipinski definition) is 3. The molecule has 3 nitrogen and oxygen atoms in total. The molecule has 0 spiro atoms. The molecule has 1 unspecified atom stereocenters. The van der Waals surface area contributed by atoms with Crippen molar-refractivity contribution in [1.29, 1.82) is 0 Å². The Bertz CT molecular complexity index is 161. The summed E-state index contributed by atoms with van der Waals surface area (Å²) in [5.41, 5.74) is 0. The van der Waals surface area contributed by atoms with Gasteiger partial charge in [0.2, 0.25) is 0 Å². The van der Waals surface area contributed by atoms with Crippen LogP contribution in [0.25, 0.3) is 0 Å². The second-order valence-corrected chi connectivity index (χ2v) is 4.89. The predicted molar refractivity (Wildman–Crippen MR) is 66.3 cm³/mol. The molecular weight excluding hydrogens is 186 g/mol. The van der Waals surface area contributed by atoms with E-state index in [1.54, 1.807) is 0 Å². The number of rotatable bonds is 7. The van der Waals surface area contributed by atoms with E-state index in [2.05, 4.69) is 36.1 Å². The highest BCUT2D eigenvalue weighted by Gasteiger charge is 2.20. The molecule has 1 rings (SSSR count). The first kappa shape index (κ1) is 12.9. The average Bonchev–Trinajstić information content (AvgIpc) is 2.59. The fourth-order valence-corrected chi connectivity index (χ4v) is 2.36. The van der Waals surface area contributed by atoms with Crippen molar-refractivity contribution in [2.45, 2.75) is 19.8 Å². The lowest BCUT2D eigenvalue weighted by Crippen LogP contribution is -2.30. The Morgan fingerprint density at radius 3 is 2.87 bits per heavy atom. The third kappa shape index (κ3) is 5.50. The van der Waals surface area contributed by atoms with Gasteiger partial charge >= 0.3 is 0 Å². The molecule has 1 aliphatic heterocycles. The summed E-state index contributed by atoms with van der Waals surface area (Å²) in [7, 11) is 4.48. The molecule has 1 fully saturated rings. The molecule has 0 aromatic heterocycles. The van der Waals surface area contributed by atoms with E-state index in [9.17, 15) is 0 Å². The van der Waals surface area contributed by atoms with Crippen molar-refractivity contribution in [3.63, 3.8) is 0 Å². The summed E-state index contributed by atoms with van der Waals surface area (Å²) in [4.78, 5) is 4.93. The fraction of sp³-hybridized carbons (Fsp3) is 1.00. The van der Waals surface area contributed by atoms with Crippen LogP contribution in [0.3, 0.4) is 0 Å². The summed E-state index contributed by atoms with van der Waals surface area (Å²) < 4.78 is 0. The summed E-state index contributed by atoms with van der Waals surface area (Å²) in [5.74, 6) is 0.902. The molecule has 3 heteroatoms. The lowest BCUT2D eigenvalue weighted by molar-refractivity contribution is 0.270. The number of hydrogen-bond donors (Lipinski definition) is 1. The van der Waals surface area contributed by atoms with E-state index in [-0.39, 0.29) is 0 Å². The molecule has 0 bridgehead atoms. The van der Waals surface area contributed by atoms with E-state index in [4.69, 9.17) is 0 Å². The summed E-state index contributed by atoms with van der Waals surface area (Å²) in [6, 6.07) is 0. The highest BCUT2D eigenvalue weighted by Crippen LogP contribution is 2.14. The number of nitrogens with zero attached hydrogens (tertiary/aromatic N) is 2. The molecule has 15 heavy (non-hydrogen) atoms. The molecule has 0 aliphatic carbocycles. The third-order valence-corrected chi connectivity index (χ3v) is 3.20. The zero-order valence-corrected chi connectivity index (χ0v) is 10.6. The Labute approximate surface area is 94.8 Å². The van der Waals surface area contributed by atoms with E-state index < -0.39 is 0 Å². The van der Waals surface area contributed by atoms with Crippen LogP contribution in [-0.4, -0.2) is 63.2 Å². The van der Waals surface area contributed by atoms with Crippen LogP contribution in [0, 0.1) is 5.92 Å². The second kappa shape index (κ2) is 7.20. The van der Waals surface area contributed by atoms with Gasteiger partial charge in [-0.15, -0.1) is 0 Å². The van der Waals surface area contributed by atoms with Crippen LogP contribution in [0.5, 0.6) is 0 Å². The second-order valence-electron chi connectivity index (χ2n) is 4.89. The SMILES string of the molecule is CCNCCCN(C)CC1CCN(C)C1. The van der Waals surface area contributed by atoms with Gasteiger partial charge in [-0.3, -0.25) is 0 Å². The quantitative estimate of drug-likeness (QED) is 0.633. The maximum absolute atomic E-state index is 3.37. The van der Waals surface area contributed by atoms with Gasteiger partial charge in [0.15, 0.2) is 0 Å². The van der Waals surface area contributed by atoms with Crippen molar-refractivity contribution in [2.75, 3.05) is 53.4 Å². The molecule has 0 amide bonds. The van der Waals surface area contributed by atoms with Crippen LogP contribution in [0.1, 0.15) is 19.8 Å². The van der Waals surface area contributed by atoms with Gasteiger partial charge in [-0.25, -0.2) is 0 Å². The monoisotopic (exact) mass is 213 g/mol. The first-order chi connectivity index (χ1) is 7.22. The molecule has 0 radical (unpaired) electrons. The van der Waals surface area contributed by atoms with Gasteiger partial charge in [0.25, 0.3) is 0 Å². The summed E-state index contributed by atoms with van der Waals surface area (Å²) >= 11 is 0. The molecule has 0 aromatic rings. The summed E-state index contributed by atoms with van der Waals surface area (Å²) in [5, 5.41) is 3.37. The van der Waals surface area contributed by atoms with Gasteiger partial charge in [-0.05, 0) is 59.0 Å². The van der Waals surface area contributed by atoms with E-state index >= 15 is 0 Å². The maximum atomic E-state index is 3.37. The van der Waals surface area contributed by atoms with E-state index in [1.807, 2.05) is 0 Å². The van der Waals surface area contributed by atoms with Crippen LogP contribution in [0.15, 0.2) is 0 Å². The minimum absolute atomic E-state index is 0.902. The molecule has 1 saturated heterocycles. The Morgan fingerprint density at radius 2 is 2.27 bits per heavy atom. The molecule has 1 aliphatic rings. The standard InChI is InChI=1S/C12H27N3/c1-4-13-7-5-8-14(2)10-12-6-9-15(3)11-12/h12-13H,4-11H2,1-3H3. The molecule has 0 aromatic carbocycles. The smallest absolute Gasteiger partial charge is 0.00193 e. The van der Waals surface area contributed by atoms with Crippen molar-refractivity contribution in [3.8, 4) is 0 Å². The van der Waals surface area contributed by atoms with Crippen molar-refractivity contribution < 1.29 is 0 Å². The predicted octanol–water partition coefficient (Wildman–Crippen LogP) is 0.870. The van der Waals surface area contributed by atoms with Gasteiger partial charge in [0.05, 0.1) is 0 Å². The van der Waals surface area contributed by atoms with Crippen LogP contribution < -0.4 is 5.32 Å². The minimum Gasteiger partial charge on any atom is -0.317 e.